The molecule has 2 nitrogen and oxygen atoms in total. The molecule has 0 aliphatic rings. The third-order valence-electron chi connectivity index (χ3n) is 1.35. The second-order valence-electron chi connectivity index (χ2n) is 2.42. The fourth-order valence-electron chi connectivity index (χ4n) is 0.817. The monoisotopic (exact) mass is 183 g/mol. The third-order valence-corrected chi connectivity index (χ3v) is 1.35. The number of hydrogen-bond donors (Lipinski definition) is 0. The van der Waals surface area contributed by atoms with E-state index in [4.69, 9.17) is 0 Å². The molecule has 0 fully saturated rings. The van der Waals surface area contributed by atoms with Gasteiger partial charge in [0.1, 0.15) is 12.4 Å². The second kappa shape index (κ2) is 2.76. The Hall–Kier alpha value is -1.07. The van der Waals surface area contributed by atoms with Crippen molar-refractivity contribution in [2.75, 3.05) is 0 Å². The molecule has 0 atom stereocenters. The Kier molecular flexibility index (Phi) is 2.08. The zero-order valence-electron chi connectivity index (χ0n) is 6.27. The number of imidazole rings is 1. The maximum absolute atomic E-state index is 12.7. The molecule has 0 unspecified atom stereocenters. The predicted molar refractivity (Wildman–Crippen MR) is 31.6 cm³/mol. The number of hydrogen-bond acceptors (Lipinski definition) is 0. The molecular weight excluding hydrogens is 176 g/mol. The summed E-state index contributed by atoms with van der Waals surface area (Å²) in [6.45, 7) is -1.29. The van der Waals surface area contributed by atoms with Gasteiger partial charge in [0.15, 0.2) is 6.54 Å². The van der Waals surface area contributed by atoms with Gasteiger partial charge in [-0.25, -0.2) is 4.57 Å². The first-order chi connectivity index (χ1) is 5.40. The molecule has 0 amide bonds. The average Bonchev–Trinajstić information content (AvgIpc) is 2.16. The van der Waals surface area contributed by atoms with E-state index in [1.54, 1.807) is 0 Å². The summed E-state index contributed by atoms with van der Waals surface area (Å²) in [5.74, 6) is 0. The predicted octanol–water partition coefficient (Wildman–Crippen LogP) is 1.01. The van der Waals surface area contributed by atoms with E-state index < -0.39 is 18.8 Å². The number of aromatic nitrogens is 2. The molecule has 0 aromatic carbocycles. The lowest BCUT2D eigenvalue weighted by molar-refractivity contribution is -0.700. The summed E-state index contributed by atoms with van der Waals surface area (Å²) in [4.78, 5) is 0. The van der Waals surface area contributed by atoms with E-state index in [0.29, 0.717) is 4.57 Å². The van der Waals surface area contributed by atoms with Gasteiger partial charge in [0.05, 0.1) is 7.05 Å². The van der Waals surface area contributed by atoms with Crippen molar-refractivity contribution < 1.29 is 22.1 Å². The van der Waals surface area contributed by atoms with Gasteiger partial charge in [-0.2, -0.15) is 17.7 Å². The number of nitrogens with zero attached hydrogens (tertiary/aromatic N) is 2. The molecule has 0 bridgehead atoms. The highest BCUT2D eigenvalue weighted by molar-refractivity contribution is 4.70. The lowest BCUT2D eigenvalue weighted by Gasteiger charge is -2.01. The van der Waals surface area contributed by atoms with Crippen LogP contribution in [0.15, 0.2) is 12.4 Å². The summed E-state index contributed by atoms with van der Waals surface area (Å²) in [5.41, 5.74) is 0. The van der Waals surface area contributed by atoms with Gasteiger partial charge in [-0.1, -0.05) is 0 Å². The van der Waals surface area contributed by atoms with Crippen LogP contribution in [-0.4, -0.2) is 10.7 Å². The molecule has 12 heavy (non-hydrogen) atoms. The Balaban J connectivity index is 2.83. The smallest absolute Gasteiger partial charge is 0.207 e. The van der Waals surface area contributed by atoms with E-state index in [9.17, 15) is 17.6 Å². The SMILES string of the molecule is C[n+]1ccn(CC(F)(F)F)c1F. The average molecular weight is 183 g/mol. The van der Waals surface area contributed by atoms with Crippen LogP contribution in [0.3, 0.4) is 0 Å². The van der Waals surface area contributed by atoms with Crippen LogP contribution >= 0.6 is 0 Å². The molecule has 1 aromatic rings. The summed E-state index contributed by atoms with van der Waals surface area (Å²) in [5, 5.41) is 0. The van der Waals surface area contributed by atoms with Crippen molar-refractivity contribution in [3.05, 3.63) is 18.5 Å². The summed E-state index contributed by atoms with van der Waals surface area (Å²) < 4.78 is 49.4. The lowest BCUT2D eigenvalue weighted by Crippen LogP contribution is -2.32. The first-order valence-electron chi connectivity index (χ1n) is 3.17. The van der Waals surface area contributed by atoms with Gasteiger partial charge < -0.3 is 0 Å². The van der Waals surface area contributed by atoms with E-state index >= 15 is 0 Å². The maximum atomic E-state index is 12.7. The zero-order valence-corrected chi connectivity index (χ0v) is 6.27. The second-order valence-corrected chi connectivity index (χ2v) is 2.42. The molecule has 6 heteroatoms. The van der Waals surface area contributed by atoms with Crippen molar-refractivity contribution in [2.24, 2.45) is 7.05 Å². The Labute approximate surface area is 66.0 Å². The molecule has 0 spiro atoms. The summed E-state index contributed by atoms with van der Waals surface area (Å²) >= 11 is 0. The fraction of sp³-hybridized carbons (Fsp3) is 0.500. The largest absolute Gasteiger partial charge is 0.445 e. The first-order valence-corrected chi connectivity index (χ1v) is 3.17. The molecule has 0 saturated heterocycles. The van der Waals surface area contributed by atoms with Crippen molar-refractivity contribution in [2.45, 2.75) is 12.7 Å². The zero-order chi connectivity index (χ0) is 9.35. The number of halogens is 4. The maximum Gasteiger partial charge on any atom is 0.445 e. The molecule has 0 N–H and O–H groups in total. The normalized spacial score (nSPS) is 12.1. The van der Waals surface area contributed by atoms with Crippen LogP contribution in [0, 0.1) is 6.08 Å². The van der Waals surface area contributed by atoms with Crippen molar-refractivity contribution in [3.63, 3.8) is 0 Å². The van der Waals surface area contributed by atoms with Crippen LogP contribution < -0.4 is 4.57 Å². The fourth-order valence-corrected chi connectivity index (χ4v) is 0.817. The standard InChI is InChI=1S/C6H7F4N2/c1-11-2-3-12(5(11)7)4-6(8,9)10/h2-3H,4H2,1H3/q+1. The van der Waals surface area contributed by atoms with E-state index in [1.165, 1.54) is 13.2 Å². The van der Waals surface area contributed by atoms with Gasteiger partial charge in [0.25, 0.3) is 0 Å². The topological polar surface area (TPSA) is 8.81 Å². The minimum atomic E-state index is -4.38. The lowest BCUT2D eigenvalue weighted by atomic mass is 10.6. The first kappa shape index (κ1) is 9.02. The van der Waals surface area contributed by atoms with Crippen molar-refractivity contribution in [1.29, 1.82) is 0 Å². The Morgan fingerprint density at radius 2 is 2.08 bits per heavy atom. The summed E-state index contributed by atoms with van der Waals surface area (Å²) in [7, 11) is 1.34. The highest BCUT2D eigenvalue weighted by Crippen LogP contribution is 2.17. The van der Waals surface area contributed by atoms with Gasteiger partial charge in [-0.05, 0) is 0 Å². The minimum absolute atomic E-state index is 0.500. The third kappa shape index (κ3) is 1.96. The summed E-state index contributed by atoms with van der Waals surface area (Å²) in [6, 6.07) is 0. The van der Waals surface area contributed by atoms with Crippen LogP contribution in [0.5, 0.6) is 0 Å². The van der Waals surface area contributed by atoms with Gasteiger partial charge in [-0.3, -0.25) is 0 Å². The Bertz CT molecular complexity index is 276. The van der Waals surface area contributed by atoms with E-state index in [0.717, 1.165) is 10.8 Å². The molecule has 0 aliphatic heterocycles. The van der Waals surface area contributed by atoms with E-state index in [1.807, 2.05) is 0 Å². The molecule has 1 heterocycles. The molecule has 68 valence electrons. The number of aryl methyl sites for hydroxylation is 1. The highest BCUT2D eigenvalue weighted by atomic mass is 19.4. The molecule has 1 rings (SSSR count). The molecule has 0 radical (unpaired) electrons. The van der Waals surface area contributed by atoms with Crippen LogP contribution in [0.25, 0.3) is 0 Å². The molecule has 0 saturated carbocycles. The quantitative estimate of drug-likeness (QED) is 0.454. The molecular formula is C6H7F4N2+. The van der Waals surface area contributed by atoms with Gasteiger partial charge in [0, 0.05) is 0 Å². The number of rotatable bonds is 1. The van der Waals surface area contributed by atoms with Crippen molar-refractivity contribution in [1.82, 2.24) is 4.57 Å². The van der Waals surface area contributed by atoms with E-state index in [2.05, 4.69) is 0 Å². The molecule has 1 aromatic heterocycles. The summed E-state index contributed by atoms with van der Waals surface area (Å²) in [6.07, 6.45) is -3.02. The number of alkyl halides is 3. The van der Waals surface area contributed by atoms with Crippen LogP contribution in [-0.2, 0) is 13.6 Å². The Morgan fingerprint density at radius 3 is 2.42 bits per heavy atom. The Morgan fingerprint density at radius 1 is 1.50 bits per heavy atom. The minimum Gasteiger partial charge on any atom is -0.207 e. The van der Waals surface area contributed by atoms with Crippen LogP contribution in [0.4, 0.5) is 17.6 Å². The van der Waals surface area contributed by atoms with Crippen molar-refractivity contribution >= 4 is 0 Å². The molecule has 0 aliphatic carbocycles. The highest BCUT2D eigenvalue weighted by Gasteiger charge is 2.33. The van der Waals surface area contributed by atoms with Crippen LogP contribution in [0.2, 0.25) is 0 Å². The van der Waals surface area contributed by atoms with E-state index in [-0.39, 0.29) is 0 Å². The van der Waals surface area contributed by atoms with Crippen molar-refractivity contribution in [3.8, 4) is 0 Å². The van der Waals surface area contributed by atoms with Gasteiger partial charge in [-0.15, -0.1) is 4.39 Å². The van der Waals surface area contributed by atoms with Gasteiger partial charge >= 0.3 is 12.3 Å². The van der Waals surface area contributed by atoms with Gasteiger partial charge in [0.2, 0.25) is 0 Å². The van der Waals surface area contributed by atoms with Crippen LogP contribution in [0.1, 0.15) is 0 Å².